The predicted octanol–water partition coefficient (Wildman–Crippen LogP) is 8.00. The standard InChI is InChI=1S/C28H30O5S3/c1-19(22-11-14-24(20(2)29)25(17-22)31-3)28(30)33-16-8-6-4-5-7-15-32-23-12-9-21(10-13-23)26-18-27(34)36-35-26/h9-14,17-18H,1,4-8,15-16H2,2-3H3. The van der Waals surface area contributed by atoms with Gasteiger partial charge in [0, 0.05) is 4.88 Å². The van der Waals surface area contributed by atoms with Crippen LogP contribution >= 0.6 is 32.9 Å². The van der Waals surface area contributed by atoms with Crippen LogP contribution < -0.4 is 9.47 Å². The van der Waals surface area contributed by atoms with Crippen molar-refractivity contribution in [3.63, 3.8) is 0 Å². The molecule has 0 unspecified atom stereocenters. The molecule has 8 heteroatoms. The van der Waals surface area contributed by atoms with E-state index in [1.807, 2.05) is 18.2 Å². The lowest BCUT2D eigenvalue weighted by atomic mass is 10.0. The number of carbonyl (C=O) groups excluding carboxylic acids is 2. The molecule has 0 saturated heterocycles. The summed E-state index contributed by atoms with van der Waals surface area (Å²) in [6.45, 7) is 6.33. The van der Waals surface area contributed by atoms with Gasteiger partial charge in [-0.3, -0.25) is 4.79 Å². The van der Waals surface area contributed by atoms with Crippen molar-refractivity contribution in [3.05, 3.63) is 70.1 Å². The minimum atomic E-state index is -0.462. The highest BCUT2D eigenvalue weighted by atomic mass is 32.9. The molecule has 0 bridgehead atoms. The van der Waals surface area contributed by atoms with Crippen molar-refractivity contribution in [2.24, 2.45) is 0 Å². The SMILES string of the molecule is C=C(C(=O)OCCCCCCCOc1ccc(-c2cc(=S)ss2)cc1)c1ccc(C(C)=O)c(OC)c1. The Morgan fingerprint density at radius 2 is 1.61 bits per heavy atom. The molecule has 5 nitrogen and oxygen atoms in total. The normalized spacial score (nSPS) is 10.6. The number of ether oxygens (including phenoxy) is 3. The largest absolute Gasteiger partial charge is 0.496 e. The van der Waals surface area contributed by atoms with Gasteiger partial charge in [0.25, 0.3) is 0 Å². The van der Waals surface area contributed by atoms with Crippen molar-refractivity contribution < 1.29 is 23.8 Å². The lowest BCUT2D eigenvalue weighted by Crippen LogP contribution is -2.08. The Balaban J connectivity index is 1.27. The molecule has 1 heterocycles. The van der Waals surface area contributed by atoms with Gasteiger partial charge in [-0.15, -0.1) is 0 Å². The quantitative estimate of drug-likeness (QED) is 0.0514. The lowest BCUT2D eigenvalue weighted by molar-refractivity contribution is -0.136. The molecule has 2 aromatic carbocycles. The summed E-state index contributed by atoms with van der Waals surface area (Å²) in [7, 11) is 4.80. The first kappa shape index (κ1) is 27.8. The number of hydrogen-bond acceptors (Lipinski definition) is 8. The number of methoxy groups -OCH3 is 1. The maximum Gasteiger partial charge on any atom is 0.338 e. The number of Topliss-reactive ketones (excluding diaryl/α,β-unsaturated/α-hetero) is 1. The van der Waals surface area contributed by atoms with E-state index in [4.69, 9.17) is 26.4 Å². The van der Waals surface area contributed by atoms with E-state index in [1.54, 1.807) is 38.9 Å². The predicted molar refractivity (Wildman–Crippen MR) is 150 cm³/mol. The van der Waals surface area contributed by atoms with Crippen LogP contribution in [0.1, 0.15) is 54.9 Å². The molecule has 0 atom stereocenters. The van der Waals surface area contributed by atoms with Gasteiger partial charge in [-0.25, -0.2) is 4.79 Å². The van der Waals surface area contributed by atoms with Gasteiger partial charge in [-0.1, -0.05) is 64.8 Å². The first-order valence-corrected chi connectivity index (χ1v) is 14.3. The summed E-state index contributed by atoms with van der Waals surface area (Å²) in [5, 5.41) is 0. The van der Waals surface area contributed by atoms with Crippen LogP contribution in [0.15, 0.2) is 55.1 Å². The van der Waals surface area contributed by atoms with Gasteiger partial charge in [-0.05, 0) is 73.4 Å². The first-order valence-electron chi connectivity index (χ1n) is 11.8. The van der Waals surface area contributed by atoms with Crippen molar-refractivity contribution in [1.82, 2.24) is 0 Å². The molecule has 0 fully saturated rings. The third-order valence-electron chi connectivity index (χ3n) is 5.57. The number of esters is 1. The van der Waals surface area contributed by atoms with Crippen LogP contribution in [-0.2, 0) is 9.53 Å². The van der Waals surface area contributed by atoms with E-state index in [1.165, 1.54) is 18.9 Å². The highest BCUT2D eigenvalue weighted by molar-refractivity contribution is 7.80. The monoisotopic (exact) mass is 542 g/mol. The fourth-order valence-corrected chi connectivity index (χ4v) is 5.95. The molecule has 1 aromatic heterocycles. The molecular weight excluding hydrogens is 513 g/mol. The molecule has 0 aliphatic heterocycles. The third kappa shape index (κ3) is 8.11. The fraction of sp³-hybridized carbons (Fsp3) is 0.321. The van der Waals surface area contributed by atoms with Crippen LogP contribution in [0, 0.1) is 3.82 Å². The second-order valence-corrected chi connectivity index (χ2v) is 11.1. The van der Waals surface area contributed by atoms with Crippen molar-refractivity contribution in [2.45, 2.75) is 39.0 Å². The minimum Gasteiger partial charge on any atom is -0.496 e. The Morgan fingerprint density at radius 3 is 2.25 bits per heavy atom. The molecular formula is C28H30O5S3. The molecule has 0 saturated carbocycles. The Kier molecular flexibility index (Phi) is 10.8. The third-order valence-corrected chi connectivity index (χ3v) is 8.48. The molecule has 190 valence electrons. The average molecular weight is 543 g/mol. The summed E-state index contributed by atoms with van der Waals surface area (Å²) >= 11 is 5.20. The zero-order chi connectivity index (χ0) is 25.9. The van der Waals surface area contributed by atoms with Crippen LogP contribution in [0.25, 0.3) is 16.0 Å². The lowest BCUT2D eigenvalue weighted by Gasteiger charge is -2.11. The maximum absolute atomic E-state index is 12.3. The summed E-state index contributed by atoms with van der Waals surface area (Å²) in [5.74, 6) is 0.726. The molecule has 3 aromatic rings. The van der Waals surface area contributed by atoms with E-state index in [2.05, 4.69) is 18.7 Å². The molecule has 0 amide bonds. The van der Waals surface area contributed by atoms with Crippen LogP contribution in [0.5, 0.6) is 11.5 Å². The van der Waals surface area contributed by atoms with Crippen LogP contribution in [0.4, 0.5) is 0 Å². The van der Waals surface area contributed by atoms with Crippen LogP contribution in [0.2, 0.25) is 0 Å². The molecule has 0 aliphatic rings. The first-order chi connectivity index (χ1) is 17.4. The molecule has 3 rings (SSSR count). The highest BCUT2D eigenvalue weighted by Gasteiger charge is 2.15. The number of ketones is 1. The van der Waals surface area contributed by atoms with E-state index in [-0.39, 0.29) is 11.4 Å². The molecule has 0 radical (unpaired) electrons. The van der Waals surface area contributed by atoms with Crippen molar-refractivity contribution >= 4 is 50.2 Å². The van der Waals surface area contributed by atoms with Gasteiger partial charge in [0.1, 0.15) is 15.3 Å². The Labute approximate surface area is 224 Å². The van der Waals surface area contributed by atoms with Gasteiger partial charge in [0.15, 0.2) is 5.78 Å². The second-order valence-electron chi connectivity index (χ2n) is 8.22. The van der Waals surface area contributed by atoms with Crippen molar-refractivity contribution in [1.29, 1.82) is 0 Å². The highest BCUT2D eigenvalue weighted by Crippen LogP contribution is 2.30. The van der Waals surface area contributed by atoms with Gasteiger partial charge in [-0.2, -0.15) is 0 Å². The van der Waals surface area contributed by atoms with Crippen molar-refractivity contribution in [3.8, 4) is 21.9 Å². The van der Waals surface area contributed by atoms with Gasteiger partial charge >= 0.3 is 5.97 Å². The molecule has 0 N–H and O–H groups in total. The van der Waals surface area contributed by atoms with Crippen molar-refractivity contribution in [2.75, 3.05) is 20.3 Å². The topological polar surface area (TPSA) is 61.8 Å². The van der Waals surface area contributed by atoms with E-state index in [0.29, 0.717) is 30.1 Å². The fourth-order valence-electron chi connectivity index (χ4n) is 3.55. The average Bonchev–Trinajstić information content (AvgIpc) is 3.33. The number of hydrogen-bond donors (Lipinski definition) is 0. The van der Waals surface area contributed by atoms with Gasteiger partial charge in [0.2, 0.25) is 0 Å². The summed E-state index contributed by atoms with van der Waals surface area (Å²) in [4.78, 5) is 25.2. The van der Waals surface area contributed by atoms with Gasteiger partial charge < -0.3 is 14.2 Å². The number of carbonyl (C=O) groups is 2. The number of benzene rings is 2. The summed E-state index contributed by atoms with van der Waals surface area (Å²) < 4.78 is 17.4. The molecule has 0 spiro atoms. The molecule has 0 aliphatic carbocycles. The van der Waals surface area contributed by atoms with E-state index in [0.717, 1.165) is 47.2 Å². The number of rotatable bonds is 14. The van der Waals surface area contributed by atoms with E-state index < -0.39 is 5.97 Å². The summed E-state index contributed by atoms with van der Waals surface area (Å²) in [6, 6.07) is 15.1. The summed E-state index contributed by atoms with van der Waals surface area (Å²) in [5.41, 5.74) is 2.45. The Morgan fingerprint density at radius 1 is 0.917 bits per heavy atom. The summed E-state index contributed by atoms with van der Waals surface area (Å²) in [6.07, 6.45) is 4.85. The second kappa shape index (κ2) is 14.1. The number of unbranched alkanes of at least 4 members (excludes halogenated alkanes) is 4. The van der Waals surface area contributed by atoms with Crippen LogP contribution in [0.3, 0.4) is 0 Å². The Bertz CT molecular complexity index is 1240. The van der Waals surface area contributed by atoms with Gasteiger partial charge in [0.05, 0.1) is 31.5 Å². The Hall–Kier alpha value is -2.81. The van der Waals surface area contributed by atoms with Crippen LogP contribution in [-0.4, -0.2) is 32.1 Å². The van der Waals surface area contributed by atoms with E-state index in [9.17, 15) is 9.59 Å². The zero-order valence-electron chi connectivity index (χ0n) is 20.5. The minimum absolute atomic E-state index is 0.103. The van der Waals surface area contributed by atoms with E-state index >= 15 is 0 Å². The smallest absolute Gasteiger partial charge is 0.338 e. The maximum atomic E-state index is 12.3. The molecule has 36 heavy (non-hydrogen) atoms. The zero-order valence-corrected chi connectivity index (χ0v) is 23.0.